The van der Waals surface area contributed by atoms with Gasteiger partial charge in [-0.3, -0.25) is 0 Å². The van der Waals surface area contributed by atoms with E-state index in [-0.39, 0.29) is 29.5 Å². The molecule has 5 nitrogen and oxygen atoms in total. The molecule has 0 aliphatic heterocycles. The maximum Gasteiger partial charge on any atom is 0.189 e. The summed E-state index contributed by atoms with van der Waals surface area (Å²) in [5, 5.41) is 3.12. The average Bonchev–Trinajstić information content (AvgIpc) is 2.36. The van der Waals surface area contributed by atoms with Gasteiger partial charge in [0.25, 0.3) is 0 Å². The fraction of sp³-hybridized carbons (Fsp3) is 0.533. The van der Waals surface area contributed by atoms with Gasteiger partial charge in [-0.25, -0.2) is 4.99 Å². The van der Waals surface area contributed by atoms with Crippen molar-refractivity contribution >= 4 is 29.9 Å². The molecule has 1 aromatic carbocycles. The van der Waals surface area contributed by atoms with Crippen molar-refractivity contribution in [3.05, 3.63) is 23.8 Å². The number of nitrogens with two attached hydrogens (primary N) is 1. The highest BCUT2D eigenvalue weighted by Crippen LogP contribution is 2.28. The third kappa shape index (κ3) is 7.40. The van der Waals surface area contributed by atoms with Gasteiger partial charge < -0.3 is 20.5 Å². The van der Waals surface area contributed by atoms with Gasteiger partial charge in [-0.2, -0.15) is 0 Å². The van der Waals surface area contributed by atoms with Crippen LogP contribution in [0.5, 0.6) is 11.5 Å². The number of ether oxygens (including phenoxy) is 2. The summed E-state index contributed by atoms with van der Waals surface area (Å²) in [7, 11) is 1.63. The molecule has 1 aromatic rings. The van der Waals surface area contributed by atoms with Crippen molar-refractivity contribution in [2.45, 2.75) is 39.8 Å². The van der Waals surface area contributed by atoms with Crippen molar-refractivity contribution in [1.29, 1.82) is 0 Å². The predicted molar refractivity (Wildman–Crippen MR) is 97.8 cm³/mol. The molecular weight excluding hydrogens is 381 g/mol. The predicted octanol–water partition coefficient (Wildman–Crippen LogP) is 2.91. The summed E-state index contributed by atoms with van der Waals surface area (Å²) in [5.74, 6) is 1.88. The Kier molecular flexibility index (Phi) is 8.46. The second-order valence-corrected chi connectivity index (χ2v) is 5.49. The number of halogens is 1. The van der Waals surface area contributed by atoms with Crippen LogP contribution in [0.2, 0.25) is 0 Å². The zero-order chi connectivity index (χ0) is 15.2. The largest absolute Gasteiger partial charge is 0.493 e. The Labute approximate surface area is 144 Å². The molecular formula is C15H26IN3O2. The van der Waals surface area contributed by atoms with Crippen molar-refractivity contribution in [1.82, 2.24) is 5.32 Å². The molecule has 0 aliphatic carbocycles. The lowest BCUT2D eigenvalue weighted by Crippen LogP contribution is -2.44. The molecule has 0 bridgehead atoms. The summed E-state index contributed by atoms with van der Waals surface area (Å²) in [6.45, 7) is 9.16. The van der Waals surface area contributed by atoms with Gasteiger partial charge in [0.1, 0.15) is 0 Å². The average molecular weight is 407 g/mol. The number of nitrogens with zero attached hydrogens (tertiary/aromatic N) is 1. The number of rotatable bonds is 5. The molecule has 0 aromatic heterocycles. The van der Waals surface area contributed by atoms with E-state index in [0.29, 0.717) is 24.9 Å². The van der Waals surface area contributed by atoms with Gasteiger partial charge >= 0.3 is 0 Å². The molecule has 0 spiro atoms. The molecule has 21 heavy (non-hydrogen) atoms. The van der Waals surface area contributed by atoms with Crippen LogP contribution in [-0.2, 0) is 6.54 Å². The molecule has 0 radical (unpaired) electrons. The summed E-state index contributed by atoms with van der Waals surface area (Å²) >= 11 is 0. The molecule has 0 amide bonds. The number of nitrogens with one attached hydrogen (secondary N) is 1. The highest BCUT2D eigenvalue weighted by atomic mass is 127. The smallest absolute Gasteiger partial charge is 0.189 e. The Balaban J connectivity index is 0.00000400. The van der Waals surface area contributed by atoms with E-state index in [0.717, 1.165) is 11.3 Å². The van der Waals surface area contributed by atoms with E-state index >= 15 is 0 Å². The number of methoxy groups -OCH3 is 1. The van der Waals surface area contributed by atoms with Crippen LogP contribution in [0, 0.1) is 0 Å². The number of guanidine groups is 1. The molecule has 0 heterocycles. The molecule has 0 unspecified atom stereocenters. The van der Waals surface area contributed by atoms with E-state index in [4.69, 9.17) is 15.2 Å². The monoisotopic (exact) mass is 407 g/mol. The molecule has 0 fully saturated rings. The van der Waals surface area contributed by atoms with Gasteiger partial charge in [0.05, 0.1) is 20.3 Å². The number of hydrogen-bond acceptors (Lipinski definition) is 3. The van der Waals surface area contributed by atoms with E-state index in [1.165, 1.54) is 0 Å². The molecule has 120 valence electrons. The summed E-state index contributed by atoms with van der Waals surface area (Å²) in [5.41, 5.74) is 6.76. The summed E-state index contributed by atoms with van der Waals surface area (Å²) in [4.78, 5) is 4.32. The van der Waals surface area contributed by atoms with Gasteiger partial charge in [0, 0.05) is 5.54 Å². The normalized spacial score (nSPS) is 11.6. The fourth-order valence-electron chi connectivity index (χ4n) is 1.69. The minimum absolute atomic E-state index is 0. The molecule has 3 N–H and O–H groups in total. The summed E-state index contributed by atoms with van der Waals surface area (Å²) < 4.78 is 10.8. The summed E-state index contributed by atoms with van der Waals surface area (Å²) in [6, 6.07) is 5.76. The molecule has 1 rings (SSSR count). The fourth-order valence-corrected chi connectivity index (χ4v) is 1.69. The Bertz CT molecular complexity index is 470. The number of benzene rings is 1. The maximum atomic E-state index is 5.84. The minimum Gasteiger partial charge on any atom is -0.493 e. The van der Waals surface area contributed by atoms with E-state index in [2.05, 4.69) is 10.3 Å². The van der Waals surface area contributed by atoms with Gasteiger partial charge in [-0.05, 0) is 45.4 Å². The van der Waals surface area contributed by atoms with Gasteiger partial charge in [-0.15, -0.1) is 24.0 Å². The lowest BCUT2D eigenvalue weighted by atomic mass is 10.1. The zero-order valence-electron chi connectivity index (χ0n) is 13.4. The summed E-state index contributed by atoms with van der Waals surface area (Å²) in [6.07, 6.45) is 0. The van der Waals surface area contributed by atoms with Crippen molar-refractivity contribution in [3.63, 3.8) is 0 Å². The maximum absolute atomic E-state index is 5.84. The number of aliphatic imine (C=N–C) groups is 1. The van der Waals surface area contributed by atoms with Crippen LogP contribution in [0.15, 0.2) is 23.2 Å². The molecule has 0 saturated heterocycles. The highest BCUT2D eigenvalue weighted by Gasteiger charge is 2.10. The van der Waals surface area contributed by atoms with Crippen LogP contribution in [0.1, 0.15) is 33.3 Å². The molecule has 6 heteroatoms. The third-order valence-corrected chi connectivity index (χ3v) is 2.46. The first-order chi connectivity index (χ1) is 9.35. The van der Waals surface area contributed by atoms with Gasteiger partial charge in [-0.1, -0.05) is 6.07 Å². The Morgan fingerprint density at radius 1 is 1.29 bits per heavy atom. The quantitative estimate of drug-likeness (QED) is 0.448. The topological polar surface area (TPSA) is 68.9 Å². The minimum atomic E-state index is -0.0932. The Morgan fingerprint density at radius 3 is 2.48 bits per heavy atom. The second-order valence-electron chi connectivity index (χ2n) is 5.49. The van der Waals surface area contributed by atoms with Crippen LogP contribution >= 0.6 is 24.0 Å². The highest BCUT2D eigenvalue weighted by molar-refractivity contribution is 14.0. The molecule has 0 saturated carbocycles. The van der Waals surface area contributed by atoms with Gasteiger partial charge in [0.2, 0.25) is 0 Å². The van der Waals surface area contributed by atoms with Crippen LogP contribution in [-0.4, -0.2) is 25.2 Å². The lowest BCUT2D eigenvalue weighted by Gasteiger charge is -2.21. The van der Waals surface area contributed by atoms with Crippen molar-refractivity contribution in [3.8, 4) is 11.5 Å². The van der Waals surface area contributed by atoms with Crippen LogP contribution in [0.25, 0.3) is 0 Å². The third-order valence-electron chi connectivity index (χ3n) is 2.46. The SMILES string of the molecule is CCOc1ccc(CN=C(N)NC(C)(C)C)cc1OC.I. The van der Waals surface area contributed by atoms with Gasteiger partial charge in [0.15, 0.2) is 17.5 Å². The Hall–Kier alpha value is -1.18. The van der Waals surface area contributed by atoms with Crippen LogP contribution < -0.4 is 20.5 Å². The molecule has 0 aliphatic rings. The lowest BCUT2D eigenvalue weighted by molar-refractivity contribution is 0.310. The van der Waals surface area contributed by atoms with Crippen molar-refractivity contribution < 1.29 is 9.47 Å². The van der Waals surface area contributed by atoms with Crippen molar-refractivity contribution in [2.75, 3.05) is 13.7 Å². The number of hydrogen-bond donors (Lipinski definition) is 2. The first kappa shape index (κ1) is 19.8. The Morgan fingerprint density at radius 2 is 1.95 bits per heavy atom. The zero-order valence-corrected chi connectivity index (χ0v) is 15.7. The van der Waals surface area contributed by atoms with Crippen molar-refractivity contribution in [2.24, 2.45) is 10.7 Å². The van der Waals surface area contributed by atoms with E-state index in [1.807, 2.05) is 45.9 Å². The standard InChI is InChI=1S/C15H25N3O2.HI/c1-6-20-12-8-7-11(9-13(12)19-5)10-17-14(16)18-15(2,3)4;/h7-9H,6,10H2,1-5H3,(H3,16,17,18);1H. The van der Waals surface area contributed by atoms with Crippen LogP contribution in [0.4, 0.5) is 0 Å². The molecule has 0 atom stereocenters. The van der Waals surface area contributed by atoms with Crippen LogP contribution in [0.3, 0.4) is 0 Å². The van der Waals surface area contributed by atoms with E-state index in [1.54, 1.807) is 7.11 Å². The first-order valence-corrected chi connectivity index (χ1v) is 6.73. The first-order valence-electron chi connectivity index (χ1n) is 6.73. The second kappa shape index (κ2) is 8.96. The van der Waals surface area contributed by atoms with E-state index < -0.39 is 0 Å². The van der Waals surface area contributed by atoms with E-state index in [9.17, 15) is 0 Å².